The second kappa shape index (κ2) is 7.19. The van der Waals surface area contributed by atoms with Crippen LogP contribution in [-0.4, -0.2) is 60.7 Å². The first-order chi connectivity index (χ1) is 15.5. The van der Waals surface area contributed by atoms with Crippen LogP contribution in [0.3, 0.4) is 0 Å². The number of nitrogens with one attached hydrogen (secondary N) is 1. The summed E-state index contributed by atoms with van der Waals surface area (Å²) in [6, 6.07) is 6.07. The van der Waals surface area contributed by atoms with E-state index in [1.165, 1.54) is 0 Å². The fourth-order valence-electron chi connectivity index (χ4n) is 5.29. The van der Waals surface area contributed by atoms with Crippen molar-refractivity contribution in [1.29, 1.82) is 0 Å². The second-order valence-electron chi connectivity index (χ2n) is 8.86. The number of piperidine rings is 1. The van der Waals surface area contributed by atoms with Crippen molar-refractivity contribution in [2.45, 2.75) is 56.2 Å². The summed E-state index contributed by atoms with van der Waals surface area (Å²) < 4.78 is 30.0. The number of aromatic hydroxyl groups is 1. The molecule has 2 N–H and O–H groups in total. The van der Waals surface area contributed by atoms with E-state index in [1.54, 1.807) is 29.2 Å². The number of phenolic OH excluding ortho intramolecular Hbond substituents is 1. The van der Waals surface area contributed by atoms with Crippen LogP contribution in [0.1, 0.15) is 31.4 Å². The van der Waals surface area contributed by atoms with E-state index in [1.807, 2.05) is 12.1 Å². The molecule has 6 rings (SSSR count). The molecule has 2 bridgehead atoms. The molecule has 3 aliphatic heterocycles. The molecule has 0 unspecified atom stereocenters. The van der Waals surface area contributed by atoms with Gasteiger partial charge in [0.05, 0.1) is 23.0 Å². The van der Waals surface area contributed by atoms with E-state index in [-0.39, 0.29) is 24.3 Å². The Morgan fingerprint density at radius 3 is 2.88 bits per heavy atom. The summed E-state index contributed by atoms with van der Waals surface area (Å²) in [5, 5.41) is 26.6. The lowest BCUT2D eigenvalue weighted by Crippen LogP contribution is -2.52. The van der Waals surface area contributed by atoms with Crippen LogP contribution >= 0.6 is 0 Å². The Labute approximate surface area is 183 Å². The summed E-state index contributed by atoms with van der Waals surface area (Å²) in [6.45, 7) is 0.766. The second-order valence-corrected chi connectivity index (χ2v) is 8.86. The van der Waals surface area contributed by atoms with Gasteiger partial charge in [0, 0.05) is 43.5 Å². The van der Waals surface area contributed by atoms with E-state index in [2.05, 4.69) is 25.5 Å². The third kappa shape index (κ3) is 3.21. The van der Waals surface area contributed by atoms with Crippen LogP contribution in [0.25, 0.3) is 17.1 Å². The van der Waals surface area contributed by atoms with Crippen molar-refractivity contribution >= 4 is 5.82 Å². The number of nitrogens with zero attached hydrogens (tertiary/aromatic N) is 6. The summed E-state index contributed by atoms with van der Waals surface area (Å²) in [5.74, 6) is -1.56. The molecule has 5 heterocycles. The molecule has 2 aromatic heterocycles. The van der Waals surface area contributed by atoms with Crippen LogP contribution in [0, 0.1) is 0 Å². The monoisotopic (exact) mass is 439 g/mol. The number of halogens is 2. The normalized spacial score (nSPS) is 26.2. The number of hydrogen-bond acceptors (Lipinski definition) is 7. The first-order valence-corrected chi connectivity index (χ1v) is 11.0. The van der Waals surface area contributed by atoms with E-state index in [4.69, 9.17) is 4.98 Å². The van der Waals surface area contributed by atoms with Crippen molar-refractivity contribution < 1.29 is 13.9 Å². The Balaban J connectivity index is 1.28. The van der Waals surface area contributed by atoms with Crippen molar-refractivity contribution in [2.24, 2.45) is 0 Å². The zero-order chi connectivity index (χ0) is 21.9. The number of rotatable bonds is 3. The van der Waals surface area contributed by atoms with Crippen LogP contribution in [0.5, 0.6) is 5.75 Å². The Bertz CT molecular complexity index is 1150. The van der Waals surface area contributed by atoms with Crippen LogP contribution in [0.2, 0.25) is 0 Å². The number of benzene rings is 1. The van der Waals surface area contributed by atoms with Gasteiger partial charge >= 0.3 is 0 Å². The highest BCUT2D eigenvalue weighted by Gasteiger charge is 2.53. The van der Waals surface area contributed by atoms with Crippen LogP contribution < -0.4 is 10.2 Å². The van der Waals surface area contributed by atoms with E-state index >= 15 is 0 Å². The first kappa shape index (κ1) is 19.5. The van der Waals surface area contributed by atoms with Gasteiger partial charge in [-0.1, -0.05) is 0 Å². The fraction of sp³-hybridized carbons (Fsp3) is 0.455. The molecule has 10 heteroatoms. The van der Waals surface area contributed by atoms with Crippen molar-refractivity contribution in [2.75, 3.05) is 11.4 Å². The molecule has 166 valence electrons. The fourth-order valence-corrected chi connectivity index (χ4v) is 5.29. The van der Waals surface area contributed by atoms with Gasteiger partial charge in [0.2, 0.25) is 0 Å². The van der Waals surface area contributed by atoms with Gasteiger partial charge in [0.25, 0.3) is 5.92 Å². The topological polar surface area (TPSA) is 92.0 Å². The van der Waals surface area contributed by atoms with E-state index in [0.717, 1.165) is 30.8 Å². The van der Waals surface area contributed by atoms with Gasteiger partial charge in [-0.05, 0) is 43.9 Å². The van der Waals surface area contributed by atoms with Gasteiger partial charge in [-0.15, -0.1) is 10.2 Å². The molecule has 0 radical (unpaired) electrons. The standard InChI is InChI=1S/C22H23F2N7O/c23-22(24)12-13-9-15(11-19(22)26-13)30-7-1-3-17-21(30)29-28-20(27-17)16-5-4-14(10-18(16)32)31-8-2-6-25-31/h2,4-6,8,10,13,15,19,26,32H,1,3,7,9,11-12H2/t13-,15-,19-/m0/s1. The molecule has 3 atom stereocenters. The third-order valence-corrected chi connectivity index (χ3v) is 6.78. The lowest BCUT2D eigenvalue weighted by molar-refractivity contribution is -0.0129. The molecule has 1 aromatic carbocycles. The molecule has 2 saturated heterocycles. The average molecular weight is 439 g/mol. The molecular weight excluding hydrogens is 416 g/mol. The SMILES string of the molecule is Oc1cc(-n2cccn2)ccc1-c1nnc2c(n1)CCCN2[C@H]1C[C@H]2CC(F)(F)[C@H](C1)N2. The number of hydrogen-bond donors (Lipinski definition) is 2. The van der Waals surface area contributed by atoms with Gasteiger partial charge in [-0.3, -0.25) is 0 Å². The van der Waals surface area contributed by atoms with Gasteiger partial charge in [0.1, 0.15) is 5.75 Å². The molecule has 0 saturated carbocycles. The zero-order valence-corrected chi connectivity index (χ0v) is 17.3. The minimum atomic E-state index is -2.65. The summed E-state index contributed by atoms with van der Waals surface area (Å²) in [6.07, 6.45) is 6.06. The maximum absolute atomic E-state index is 14.2. The number of aromatic nitrogens is 5. The van der Waals surface area contributed by atoms with Gasteiger partial charge in [-0.2, -0.15) is 5.10 Å². The highest BCUT2D eigenvalue weighted by Crippen LogP contribution is 2.42. The average Bonchev–Trinajstić information content (AvgIpc) is 3.39. The molecule has 0 aliphatic carbocycles. The minimum Gasteiger partial charge on any atom is -0.507 e. The summed E-state index contributed by atoms with van der Waals surface area (Å²) in [4.78, 5) is 6.82. The van der Waals surface area contributed by atoms with Gasteiger partial charge in [-0.25, -0.2) is 18.4 Å². The first-order valence-electron chi connectivity index (χ1n) is 11.0. The molecule has 0 amide bonds. The number of alkyl halides is 2. The summed E-state index contributed by atoms with van der Waals surface area (Å²) >= 11 is 0. The highest BCUT2D eigenvalue weighted by molar-refractivity contribution is 5.66. The van der Waals surface area contributed by atoms with Crippen LogP contribution in [-0.2, 0) is 6.42 Å². The van der Waals surface area contributed by atoms with E-state index in [0.29, 0.717) is 30.0 Å². The molecule has 8 nitrogen and oxygen atoms in total. The van der Waals surface area contributed by atoms with Crippen molar-refractivity contribution in [3.8, 4) is 22.8 Å². The van der Waals surface area contributed by atoms with Crippen molar-refractivity contribution in [3.05, 3.63) is 42.4 Å². The smallest absolute Gasteiger partial charge is 0.264 e. The zero-order valence-electron chi connectivity index (χ0n) is 17.3. The van der Waals surface area contributed by atoms with Gasteiger partial charge in [0.15, 0.2) is 11.6 Å². The maximum Gasteiger partial charge on any atom is 0.264 e. The molecule has 3 aliphatic rings. The quantitative estimate of drug-likeness (QED) is 0.648. The van der Waals surface area contributed by atoms with Crippen LogP contribution in [0.15, 0.2) is 36.7 Å². The Kier molecular flexibility index (Phi) is 4.39. The van der Waals surface area contributed by atoms with Gasteiger partial charge < -0.3 is 15.3 Å². The minimum absolute atomic E-state index is 0.00221. The molecule has 2 fully saturated rings. The van der Waals surface area contributed by atoms with Crippen molar-refractivity contribution in [1.82, 2.24) is 30.3 Å². The maximum atomic E-state index is 14.2. The molecule has 32 heavy (non-hydrogen) atoms. The Hall–Kier alpha value is -3.14. The lowest BCUT2D eigenvalue weighted by atomic mass is 9.96. The molecule has 0 spiro atoms. The number of phenols is 1. The predicted octanol–water partition coefficient (Wildman–Crippen LogP) is 2.71. The molecule has 3 aromatic rings. The number of aryl methyl sites for hydroxylation is 1. The van der Waals surface area contributed by atoms with Crippen molar-refractivity contribution in [3.63, 3.8) is 0 Å². The highest BCUT2D eigenvalue weighted by atomic mass is 19.3. The predicted molar refractivity (Wildman–Crippen MR) is 113 cm³/mol. The Morgan fingerprint density at radius 2 is 2.09 bits per heavy atom. The van der Waals surface area contributed by atoms with E-state index < -0.39 is 12.0 Å². The number of anilines is 1. The third-order valence-electron chi connectivity index (χ3n) is 6.78. The van der Waals surface area contributed by atoms with Crippen LogP contribution in [0.4, 0.5) is 14.6 Å². The summed E-state index contributed by atoms with van der Waals surface area (Å²) in [5.41, 5.74) is 2.02. The largest absolute Gasteiger partial charge is 0.507 e. The van der Waals surface area contributed by atoms with E-state index in [9.17, 15) is 13.9 Å². The number of fused-ring (bicyclic) bond motifs is 3. The molecular formula is C22H23F2N7O. The summed E-state index contributed by atoms with van der Waals surface area (Å²) in [7, 11) is 0. The lowest BCUT2D eigenvalue weighted by Gasteiger charge is -2.40. The Morgan fingerprint density at radius 1 is 1.19 bits per heavy atom.